The zero-order valence-corrected chi connectivity index (χ0v) is 14.4. The van der Waals surface area contributed by atoms with Gasteiger partial charge in [0.25, 0.3) is 5.91 Å². The number of carbonyl (C=O) groups is 1. The molecule has 1 aliphatic rings. The summed E-state index contributed by atoms with van der Waals surface area (Å²) in [7, 11) is 0. The molecule has 3 aromatic rings. The summed E-state index contributed by atoms with van der Waals surface area (Å²) in [5.74, 6) is -0.843. The molecule has 0 aliphatic carbocycles. The third-order valence-electron chi connectivity index (χ3n) is 4.60. The molecular weight excluding hydrogens is 352 g/mol. The van der Waals surface area contributed by atoms with E-state index in [1.165, 1.54) is 30.5 Å². The van der Waals surface area contributed by atoms with Crippen molar-refractivity contribution >= 4 is 5.91 Å². The Hall–Kier alpha value is -3.06. The summed E-state index contributed by atoms with van der Waals surface area (Å²) in [6.45, 7) is 1.20. The van der Waals surface area contributed by atoms with E-state index in [4.69, 9.17) is 4.74 Å². The fourth-order valence-electron chi connectivity index (χ4n) is 3.17. The third kappa shape index (κ3) is 3.59. The predicted molar refractivity (Wildman–Crippen MR) is 95.0 cm³/mol. The average molecular weight is 369 g/mol. The molecule has 0 spiro atoms. The van der Waals surface area contributed by atoms with Crippen LogP contribution in [-0.4, -0.2) is 40.7 Å². The first-order chi connectivity index (χ1) is 13.1. The summed E-state index contributed by atoms with van der Waals surface area (Å²) >= 11 is 0. The van der Waals surface area contributed by atoms with Crippen LogP contribution in [0.15, 0.2) is 54.7 Å². The molecule has 1 unspecified atom stereocenters. The summed E-state index contributed by atoms with van der Waals surface area (Å²) in [5.41, 5.74) is 2.46. The van der Waals surface area contributed by atoms with Crippen molar-refractivity contribution in [3.05, 3.63) is 77.5 Å². The van der Waals surface area contributed by atoms with Gasteiger partial charge >= 0.3 is 0 Å². The zero-order chi connectivity index (χ0) is 18.8. The molecule has 1 aromatic heterocycles. The normalized spacial score (nSPS) is 17.1. The molecule has 1 amide bonds. The lowest BCUT2D eigenvalue weighted by Crippen LogP contribution is -2.42. The number of aromatic amines is 1. The van der Waals surface area contributed by atoms with Crippen molar-refractivity contribution in [1.29, 1.82) is 0 Å². The minimum Gasteiger partial charge on any atom is -0.370 e. The molecule has 1 aliphatic heterocycles. The van der Waals surface area contributed by atoms with Gasteiger partial charge in [0.15, 0.2) is 0 Å². The average Bonchev–Trinajstić information content (AvgIpc) is 3.18. The van der Waals surface area contributed by atoms with Crippen LogP contribution in [0.4, 0.5) is 8.78 Å². The van der Waals surface area contributed by atoms with E-state index in [0.29, 0.717) is 36.5 Å². The number of hydrogen-bond donors (Lipinski definition) is 1. The number of ether oxygens (including phenoxy) is 1. The largest absolute Gasteiger partial charge is 0.370 e. The zero-order valence-electron chi connectivity index (χ0n) is 14.4. The van der Waals surface area contributed by atoms with Gasteiger partial charge in [0.2, 0.25) is 0 Å². The van der Waals surface area contributed by atoms with Gasteiger partial charge in [-0.3, -0.25) is 9.89 Å². The van der Waals surface area contributed by atoms with Crippen molar-refractivity contribution in [2.75, 3.05) is 19.7 Å². The highest BCUT2D eigenvalue weighted by molar-refractivity contribution is 5.99. The lowest BCUT2D eigenvalue weighted by molar-refractivity contribution is -0.0228. The standard InChI is InChI=1S/C20H17F2N3O2/c21-15-5-1-13(2-6-15)18-12-25(9-10-27-18)20(26)17-11-23-24-19(17)14-3-7-16(22)8-4-14/h1-8,11,18H,9-10,12H2,(H,23,24). The van der Waals surface area contributed by atoms with Gasteiger partial charge in [-0.2, -0.15) is 5.10 Å². The lowest BCUT2D eigenvalue weighted by atomic mass is 10.0. The first-order valence-electron chi connectivity index (χ1n) is 8.57. The monoisotopic (exact) mass is 369 g/mol. The molecule has 0 bridgehead atoms. The summed E-state index contributed by atoms with van der Waals surface area (Å²) in [4.78, 5) is 14.7. The molecule has 7 heteroatoms. The molecule has 1 fully saturated rings. The number of benzene rings is 2. The second-order valence-electron chi connectivity index (χ2n) is 6.33. The van der Waals surface area contributed by atoms with Crippen LogP contribution in [0.1, 0.15) is 22.0 Å². The number of morpholine rings is 1. The molecule has 1 N–H and O–H groups in total. The van der Waals surface area contributed by atoms with Gasteiger partial charge in [-0.15, -0.1) is 0 Å². The SMILES string of the molecule is O=C(c1cn[nH]c1-c1ccc(F)cc1)N1CCOC(c2ccc(F)cc2)C1. The van der Waals surface area contributed by atoms with Gasteiger partial charge < -0.3 is 9.64 Å². The van der Waals surface area contributed by atoms with E-state index in [0.717, 1.165) is 5.56 Å². The smallest absolute Gasteiger partial charge is 0.257 e. The summed E-state index contributed by atoms with van der Waals surface area (Å²) in [6.07, 6.45) is 1.16. The molecular formula is C20H17F2N3O2. The van der Waals surface area contributed by atoms with Crippen LogP contribution >= 0.6 is 0 Å². The van der Waals surface area contributed by atoms with Gasteiger partial charge in [0.05, 0.1) is 30.6 Å². The number of aromatic nitrogens is 2. The molecule has 4 rings (SSSR count). The third-order valence-corrected chi connectivity index (χ3v) is 4.60. The van der Waals surface area contributed by atoms with Crippen molar-refractivity contribution in [3.63, 3.8) is 0 Å². The Morgan fingerprint density at radius 3 is 2.44 bits per heavy atom. The Kier molecular flexibility index (Phi) is 4.68. The first kappa shape index (κ1) is 17.4. The molecule has 27 heavy (non-hydrogen) atoms. The van der Waals surface area contributed by atoms with Gasteiger partial charge in [0, 0.05) is 12.1 Å². The van der Waals surface area contributed by atoms with E-state index in [1.54, 1.807) is 29.2 Å². The number of halogens is 2. The topological polar surface area (TPSA) is 58.2 Å². The van der Waals surface area contributed by atoms with Gasteiger partial charge in [-0.1, -0.05) is 12.1 Å². The molecule has 0 saturated carbocycles. The number of nitrogens with one attached hydrogen (secondary N) is 1. The first-order valence-corrected chi connectivity index (χ1v) is 8.57. The highest BCUT2D eigenvalue weighted by Crippen LogP contribution is 2.26. The van der Waals surface area contributed by atoms with E-state index >= 15 is 0 Å². The number of rotatable bonds is 3. The van der Waals surface area contributed by atoms with Crippen LogP contribution in [0.5, 0.6) is 0 Å². The van der Waals surface area contributed by atoms with E-state index < -0.39 is 0 Å². The molecule has 2 heterocycles. The Bertz CT molecular complexity index is 939. The Balaban J connectivity index is 1.55. The summed E-state index contributed by atoms with van der Waals surface area (Å²) in [5, 5.41) is 6.80. The fourth-order valence-corrected chi connectivity index (χ4v) is 3.17. The highest BCUT2D eigenvalue weighted by atomic mass is 19.1. The summed E-state index contributed by atoms with van der Waals surface area (Å²) < 4.78 is 32.1. The van der Waals surface area contributed by atoms with Crippen molar-refractivity contribution < 1.29 is 18.3 Å². The predicted octanol–water partition coefficient (Wildman–Crippen LogP) is 3.57. The Labute approximate surface area is 154 Å². The molecule has 1 saturated heterocycles. The van der Waals surface area contributed by atoms with Crippen LogP contribution in [0.2, 0.25) is 0 Å². The van der Waals surface area contributed by atoms with Crippen molar-refractivity contribution in [3.8, 4) is 11.3 Å². The maximum atomic E-state index is 13.2. The van der Waals surface area contributed by atoms with E-state index in [9.17, 15) is 13.6 Å². The fraction of sp³-hybridized carbons (Fsp3) is 0.200. The van der Waals surface area contributed by atoms with Gasteiger partial charge in [-0.25, -0.2) is 8.78 Å². The summed E-state index contributed by atoms with van der Waals surface area (Å²) in [6, 6.07) is 11.9. The quantitative estimate of drug-likeness (QED) is 0.768. The van der Waals surface area contributed by atoms with Gasteiger partial charge in [0.1, 0.15) is 17.7 Å². The van der Waals surface area contributed by atoms with E-state index in [-0.39, 0.29) is 23.6 Å². The number of hydrogen-bond acceptors (Lipinski definition) is 3. The number of nitrogens with zero attached hydrogens (tertiary/aromatic N) is 2. The van der Waals surface area contributed by atoms with Crippen molar-refractivity contribution in [2.45, 2.75) is 6.10 Å². The molecule has 2 aromatic carbocycles. The van der Waals surface area contributed by atoms with Crippen molar-refractivity contribution in [1.82, 2.24) is 15.1 Å². The Morgan fingerprint density at radius 1 is 1.07 bits per heavy atom. The minimum atomic E-state index is -0.346. The maximum Gasteiger partial charge on any atom is 0.257 e. The molecule has 1 atom stereocenters. The highest BCUT2D eigenvalue weighted by Gasteiger charge is 2.28. The Morgan fingerprint density at radius 2 is 1.74 bits per heavy atom. The van der Waals surface area contributed by atoms with E-state index in [2.05, 4.69) is 10.2 Å². The number of amides is 1. The minimum absolute atomic E-state index is 0.182. The van der Waals surface area contributed by atoms with Crippen LogP contribution in [-0.2, 0) is 4.74 Å². The van der Waals surface area contributed by atoms with Gasteiger partial charge in [-0.05, 0) is 42.0 Å². The van der Waals surface area contributed by atoms with Crippen molar-refractivity contribution in [2.24, 2.45) is 0 Å². The van der Waals surface area contributed by atoms with Crippen LogP contribution in [0.3, 0.4) is 0 Å². The lowest BCUT2D eigenvalue weighted by Gasteiger charge is -2.33. The van der Waals surface area contributed by atoms with E-state index in [1.807, 2.05) is 0 Å². The van der Waals surface area contributed by atoms with Crippen LogP contribution in [0, 0.1) is 11.6 Å². The number of H-pyrrole nitrogens is 1. The second kappa shape index (κ2) is 7.28. The maximum absolute atomic E-state index is 13.2. The molecule has 5 nitrogen and oxygen atoms in total. The van der Waals surface area contributed by atoms with Crippen LogP contribution in [0.25, 0.3) is 11.3 Å². The second-order valence-corrected chi connectivity index (χ2v) is 6.33. The number of carbonyl (C=O) groups excluding carboxylic acids is 1. The molecule has 138 valence electrons. The molecule has 0 radical (unpaired) electrons. The van der Waals surface area contributed by atoms with Crippen LogP contribution < -0.4 is 0 Å².